The van der Waals surface area contributed by atoms with Crippen molar-refractivity contribution in [2.75, 3.05) is 20.1 Å². The van der Waals surface area contributed by atoms with Crippen LogP contribution in [0.25, 0.3) is 0 Å². The molecule has 82 valence electrons. The number of amides is 2. The summed E-state index contributed by atoms with van der Waals surface area (Å²) in [5.74, 6) is -0.251. The quantitative estimate of drug-likeness (QED) is 0.618. The topological polar surface area (TPSA) is 75.4 Å². The van der Waals surface area contributed by atoms with E-state index in [2.05, 4.69) is 5.32 Å². The third-order valence-corrected chi connectivity index (χ3v) is 1.61. The van der Waals surface area contributed by atoms with Gasteiger partial charge in [0.15, 0.2) is 0 Å². The van der Waals surface area contributed by atoms with Crippen LogP contribution in [0, 0.1) is 0 Å². The smallest absolute Gasteiger partial charge is 0.239 e. The zero-order chi connectivity index (χ0) is 11.1. The summed E-state index contributed by atoms with van der Waals surface area (Å²) in [6, 6.07) is 0.0977. The van der Waals surface area contributed by atoms with E-state index >= 15 is 0 Å². The maximum atomic E-state index is 11.2. The van der Waals surface area contributed by atoms with Crippen molar-refractivity contribution in [2.24, 2.45) is 5.73 Å². The molecule has 0 saturated carbocycles. The van der Waals surface area contributed by atoms with Gasteiger partial charge in [-0.2, -0.15) is 0 Å². The number of carbonyl (C=O) groups excluding carboxylic acids is 2. The van der Waals surface area contributed by atoms with Gasteiger partial charge in [-0.3, -0.25) is 9.59 Å². The van der Waals surface area contributed by atoms with Crippen LogP contribution in [0.1, 0.15) is 20.3 Å². The zero-order valence-electron chi connectivity index (χ0n) is 9.04. The van der Waals surface area contributed by atoms with Gasteiger partial charge in [0.05, 0.1) is 6.54 Å². The molecule has 0 rings (SSSR count). The fourth-order valence-electron chi connectivity index (χ4n) is 0.986. The van der Waals surface area contributed by atoms with E-state index in [0.29, 0.717) is 6.54 Å². The highest BCUT2D eigenvalue weighted by Gasteiger charge is 2.11. The van der Waals surface area contributed by atoms with E-state index in [1.54, 1.807) is 7.05 Å². The first-order valence-corrected chi connectivity index (χ1v) is 4.70. The van der Waals surface area contributed by atoms with Crippen LogP contribution in [0.15, 0.2) is 0 Å². The lowest BCUT2D eigenvalue weighted by Crippen LogP contribution is -2.41. The molecular formula is C9H19N3O2. The first-order chi connectivity index (χ1) is 6.47. The Hall–Kier alpha value is -1.10. The molecule has 0 bridgehead atoms. The second kappa shape index (κ2) is 6.37. The van der Waals surface area contributed by atoms with Crippen molar-refractivity contribution in [3.8, 4) is 0 Å². The number of nitrogens with one attached hydrogen (secondary N) is 1. The van der Waals surface area contributed by atoms with Gasteiger partial charge >= 0.3 is 0 Å². The summed E-state index contributed by atoms with van der Waals surface area (Å²) >= 11 is 0. The summed E-state index contributed by atoms with van der Waals surface area (Å²) in [5.41, 5.74) is 5.23. The molecule has 0 aliphatic rings. The highest BCUT2D eigenvalue weighted by molar-refractivity contribution is 5.84. The van der Waals surface area contributed by atoms with Crippen LogP contribution in [0.4, 0.5) is 0 Å². The average molecular weight is 201 g/mol. The second-order valence-electron chi connectivity index (χ2n) is 3.51. The van der Waals surface area contributed by atoms with Crippen molar-refractivity contribution >= 4 is 11.8 Å². The lowest BCUT2D eigenvalue weighted by molar-refractivity contribution is -0.134. The largest absolute Gasteiger partial charge is 0.352 e. The predicted octanol–water partition coefficient (Wildman–Crippen LogP) is -0.682. The number of nitrogens with zero attached hydrogens (tertiary/aromatic N) is 1. The molecule has 5 nitrogen and oxygen atoms in total. The Morgan fingerprint density at radius 3 is 2.43 bits per heavy atom. The lowest BCUT2D eigenvalue weighted by Gasteiger charge is -2.17. The van der Waals surface area contributed by atoms with E-state index in [9.17, 15) is 9.59 Å². The fourth-order valence-corrected chi connectivity index (χ4v) is 0.986. The van der Waals surface area contributed by atoms with Crippen molar-refractivity contribution in [2.45, 2.75) is 26.3 Å². The summed E-state index contributed by atoms with van der Waals surface area (Å²) in [4.78, 5) is 23.8. The second-order valence-corrected chi connectivity index (χ2v) is 3.51. The van der Waals surface area contributed by atoms with Gasteiger partial charge in [0.25, 0.3) is 0 Å². The number of hydrogen-bond acceptors (Lipinski definition) is 3. The summed E-state index contributed by atoms with van der Waals surface area (Å²) < 4.78 is 0. The molecule has 14 heavy (non-hydrogen) atoms. The monoisotopic (exact) mass is 201 g/mol. The molecule has 0 unspecified atom stereocenters. The zero-order valence-corrected chi connectivity index (χ0v) is 9.04. The summed E-state index contributed by atoms with van der Waals surface area (Å²) in [5, 5.41) is 2.71. The van der Waals surface area contributed by atoms with Crippen LogP contribution in [-0.2, 0) is 9.59 Å². The molecule has 0 heterocycles. The molecular weight excluding hydrogens is 182 g/mol. The van der Waals surface area contributed by atoms with Crippen LogP contribution in [0.5, 0.6) is 0 Å². The van der Waals surface area contributed by atoms with E-state index in [-0.39, 0.29) is 30.8 Å². The van der Waals surface area contributed by atoms with Crippen molar-refractivity contribution in [3.05, 3.63) is 0 Å². The minimum Gasteiger partial charge on any atom is -0.352 e. The molecule has 0 saturated heterocycles. The highest BCUT2D eigenvalue weighted by atomic mass is 16.2. The normalized spacial score (nSPS) is 10.1. The van der Waals surface area contributed by atoms with E-state index in [1.165, 1.54) is 4.90 Å². The van der Waals surface area contributed by atoms with Crippen LogP contribution in [0.3, 0.4) is 0 Å². The van der Waals surface area contributed by atoms with Gasteiger partial charge in [0.2, 0.25) is 11.8 Å². The molecule has 0 fully saturated rings. The highest BCUT2D eigenvalue weighted by Crippen LogP contribution is 1.89. The SMILES string of the molecule is CC(C)NC(=O)CN(C)C(=O)CCN. The first kappa shape index (κ1) is 12.9. The van der Waals surface area contributed by atoms with Crippen LogP contribution >= 0.6 is 0 Å². The number of rotatable bonds is 5. The van der Waals surface area contributed by atoms with E-state index in [0.717, 1.165) is 0 Å². The summed E-state index contributed by atoms with van der Waals surface area (Å²) in [6.07, 6.45) is 0.283. The third-order valence-electron chi connectivity index (χ3n) is 1.61. The van der Waals surface area contributed by atoms with Crippen molar-refractivity contribution in [1.29, 1.82) is 0 Å². The predicted molar refractivity (Wildman–Crippen MR) is 54.6 cm³/mol. The maximum Gasteiger partial charge on any atom is 0.239 e. The standard InChI is InChI=1S/C9H19N3O2/c1-7(2)11-8(13)6-12(3)9(14)4-5-10/h7H,4-6,10H2,1-3H3,(H,11,13). The fraction of sp³-hybridized carbons (Fsp3) is 0.778. The van der Waals surface area contributed by atoms with Crippen LogP contribution < -0.4 is 11.1 Å². The molecule has 2 amide bonds. The van der Waals surface area contributed by atoms with Gasteiger partial charge in [0, 0.05) is 26.1 Å². The number of likely N-dealkylation sites (N-methyl/N-ethyl adjacent to an activating group) is 1. The third kappa shape index (κ3) is 5.53. The van der Waals surface area contributed by atoms with Crippen LogP contribution in [-0.4, -0.2) is 42.9 Å². The minimum atomic E-state index is -0.145. The van der Waals surface area contributed by atoms with Gasteiger partial charge < -0.3 is 16.0 Å². The van der Waals surface area contributed by atoms with E-state index in [1.807, 2.05) is 13.8 Å². The Kier molecular flexibility index (Phi) is 5.87. The lowest BCUT2D eigenvalue weighted by atomic mass is 10.3. The van der Waals surface area contributed by atoms with Crippen molar-refractivity contribution in [1.82, 2.24) is 10.2 Å². The van der Waals surface area contributed by atoms with E-state index in [4.69, 9.17) is 5.73 Å². The Labute approximate surface area is 84.6 Å². The molecule has 3 N–H and O–H groups in total. The molecule has 0 aromatic heterocycles. The Morgan fingerprint density at radius 2 is 2.00 bits per heavy atom. The molecule has 5 heteroatoms. The first-order valence-electron chi connectivity index (χ1n) is 4.70. The van der Waals surface area contributed by atoms with Gasteiger partial charge in [-0.25, -0.2) is 0 Å². The molecule has 0 atom stereocenters. The summed E-state index contributed by atoms with van der Waals surface area (Å²) in [7, 11) is 1.60. The number of hydrogen-bond donors (Lipinski definition) is 2. The molecule has 0 radical (unpaired) electrons. The number of carbonyl (C=O) groups is 2. The van der Waals surface area contributed by atoms with Gasteiger partial charge in [-0.05, 0) is 13.8 Å². The molecule has 0 aromatic carbocycles. The minimum absolute atomic E-state index is 0.0943. The molecule has 0 aliphatic carbocycles. The Bertz CT molecular complexity index is 204. The number of nitrogens with two attached hydrogens (primary N) is 1. The molecule has 0 aliphatic heterocycles. The Balaban J connectivity index is 3.87. The van der Waals surface area contributed by atoms with E-state index < -0.39 is 0 Å². The van der Waals surface area contributed by atoms with Gasteiger partial charge in [0.1, 0.15) is 0 Å². The van der Waals surface area contributed by atoms with Gasteiger partial charge in [-0.1, -0.05) is 0 Å². The van der Waals surface area contributed by atoms with Crippen LogP contribution in [0.2, 0.25) is 0 Å². The summed E-state index contributed by atoms with van der Waals surface area (Å²) in [6.45, 7) is 4.16. The Morgan fingerprint density at radius 1 is 1.43 bits per heavy atom. The van der Waals surface area contributed by atoms with Crippen molar-refractivity contribution < 1.29 is 9.59 Å². The molecule has 0 spiro atoms. The average Bonchev–Trinajstić information content (AvgIpc) is 2.02. The van der Waals surface area contributed by atoms with Crippen molar-refractivity contribution in [3.63, 3.8) is 0 Å². The van der Waals surface area contributed by atoms with Gasteiger partial charge in [-0.15, -0.1) is 0 Å². The molecule has 0 aromatic rings. The maximum absolute atomic E-state index is 11.2.